The molecule has 1 aliphatic rings. The molecular weight excluding hydrogens is 228 g/mol. The average molecular weight is 248 g/mol. The number of carbonyl (C=O) groups is 1. The minimum atomic E-state index is -0.620. The number of rotatable bonds is 2. The van der Waals surface area contributed by atoms with E-state index >= 15 is 0 Å². The third-order valence-corrected chi connectivity index (χ3v) is 3.22. The monoisotopic (exact) mass is 248 g/mol. The number of hydrogen-bond acceptors (Lipinski definition) is 3. The van der Waals surface area contributed by atoms with Crippen LogP contribution in [0.1, 0.15) is 33.3 Å². The summed E-state index contributed by atoms with van der Waals surface area (Å²) in [4.78, 5) is 14.2. The Bertz CT molecular complexity index is 481. The zero-order valence-corrected chi connectivity index (χ0v) is 11.3. The topological polar surface area (TPSA) is 52.6 Å². The lowest BCUT2D eigenvalue weighted by Gasteiger charge is -2.42. The smallest absolute Gasteiger partial charge is 0.252 e. The lowest BCUT2D eigenvalue weighted by atomic mass is 9.96. The maximum Gasteiger partial charge on any atom is 0.252 e. The predicted octanol–water partition coefficient (Wildman–Crippen LogP) is 2.12. The predicted molar refractivity (Wildman–Crippen MR) is 72.7 cm³/mol. The third kappa shape index (κ3) is 1.97. The molecule has 0 atom stereocenters. The number of nitrogens with zero attached hydrogens (tertiary/aromatic N) is 1. The van der Waals surface area contributed by atoms with E-state index in [1.165, 1.54) is 0 Å². The van der Waals surface area contributed by atoms with Gasteiger partial charge in [0.05, 0.1) is 18.0 Å². The van der Waals surface area contributed by atoms with Crippen molar-refractivity contribution in [3.8, 4) is 0 Å². The number of hydrogen-bond donors (Lipinski definition) is 2. The Balaban J connectivity index is 2.55. The Morgan fingerprint density at radius 3 is 2.61 bits per heavy atom. The van der Waals surface area contributed by atoms with E-state index in [0.29, 0.717) is 0 Å². The Labute approximate surface area is 108 Å². The number of fused-ring (bicyclic) bond motifs is 1. The zero-order valence-electron chi connectivity index (χ0n) is 11.3. The summed E-state index contributed by atoms with van der Waals surface area (Å²) >= 11 is 0. The highest BCUT2D eigenvalue weighted by Crippen LogP contribution is 2.37. The largest absolute Gasteiger partial charge is 0.392 e. The minimum absolute atomic E-state index is 0.00497. The Morgan fingerprint density at radius 2 is 2.06 bits per heavy atom. The highest BCUT2D eigenvalue weighted by atomic mass is 16.3. The van der Waals surface area contributed by atoms with Gasteiger partial charge in [0.25, 0.3) is 5.91 Å². The maximum atomic E-state index is 12.4. The standard InChI is InChI=1S/C14H20N2O2/c1-9(2)16-12-6-5-10(8-17)7-11(12)15-14(3,4)13(16)18/h5-7,9,15,17H,8H2,1-4H3. The Hall–Kier alpha value is -1.55. The summed E-state index contributed by atoms with van der Waals surface area (Å²) in [5, 5.41) is 12.4. The molecule has 1 heterocycles. The molecule has 0 saturated heterocycles. The van der Waals surface area contributed by atoms with E-state index < -0.39 is 5.54 Å². The first kappa shape index (κ1) is 12.9. The molecule has 2 rings (SSSR count). The van der Waals surface area contributed by atoms with Gasteiger partial charge in [0.1, 0.15) is 5.54 Å². The SMILES string of the molecule is CC(C)N1C(=O)C(C)(C)Nc2cc(CO)ccc21. The number of nitrogens with one attached hydrogen (secondary N) is 1. The second-order valence-electron chi connectivity index (χ2n) is 5.53. The number of amides is 1. The summed E-state index contributed by atoms with van der Waals surface area (Å²) in [6, 6.07) is 5.75. The molecule has 4 nitrogen and oxygen atoms in total. The molecule has 1 aromatic rings. The van der Waals surface area contributed by atoms with Crippen molar-refractivity contribution in [3.63, 3.8) is 0 Å². The van der Waals surface area contributed by atoms with Crippen molar-refractivity contribution in [3.05, 3.63) is 23.8 Å². The summed E-state index contributed by atoms with van der Waals surface area (Å²) in [5.74, 6) is 0.0711. The number of benzene rings is 1. The van der Waals surface area contributed by atoms with Crippen molar-refractivity contribution in [2.45, 2.75) is 45.9 Å². The molecular formula is C14H20N2O2. The second-order valence-corrected chi connectivity index (χ2v) is 5.53. The maximum absolute atomic E-state index is 12.4. The Morgan fingerprint density at radius 1 is 1.39 bits per heavy atom. The summed E-state index contributed by atoms with van der Waals surface area (Å²) in [6.07, 6.45) is 0. The van der Waals surface area contributed by atoms with Crippen LogP contribution in [0, 0.1) is 0 Å². The fourth-order valence-electron chi connectivity index (χ4n) is 2.31. The molecule has 2 N–H and O–H groups in total. The average Bonchev–Trinajstić information content (AvgIpc) is 2.29. The van der Waals surface area contributed by atoms with Gasteiger partial charge < -0.3 is 15.3 Å². The van der Waals surface area contributed by atoms with Gasteiger partial charge in [-0.15, -0.1) is 0 Å². The molecule has 1 aromatic carbocycles. The number of aliphatic hydroxyl groups excluding tert-OH is 1. The minimum Gasteiger partial charge on any atom is -0.392 e. The molecule has 0 saturated carbocycles. The first-order valence-electron chi connectivity index (χ1n) is 6.22. The summed E-state index contributed by atoms with van der Waals surface area (Å²) < 4.78 is 0. The molecule has 0 radical (unpaired) electrons. The lowest BCUT2D eigenvalue weighted by Crippen LogP contribution is -2.56. The van der Waals surface area contributed by atoms with E-state index in [9.17, 15) is 9.90 Å². The molecule has 0 aromatic heterocycles. The van der Waals surface area contributed by atoms with E-state index in [4.69, 9.17) is 0 Å². The van der Waals surface area contributed by atoms with Gasteiger partial charge in [-0.05, 0) is 45.4 Å². The molecule has 18 heavy (non-hydrogen) atoms. The van der Waals surface area contributed by atoms with Gasteiger partial charge in [-0.1, -0.05) is 6.07 Å². The summed E-state index contributed by atoms with van der Waals surface area (Å²) in [7, 11) is 0. The lowest BCUT2D eigenvalue weighted by molar-refractivity contribution is -0.122. The summed E-state index contributed by atoms with van der Waals surface area (Å²) in [5.41, 5.74) is 2.01. The Kier molecular flexibility index (Phi) is 3.07. The number of anilines is 2. The highest BCUT2D eigenvalue weighted by Gasteiger charge is 2.39. The van der Waals surface area contributed by atoms with Gasteiger partial charge in [-0.3, -0.25) is 4.79 Å². The van der Waals surface area contributed by atoms with Gasteiger partial charge in [0.15, 0.2) is 0 Å². The van der Waals surface area contributed by atoms with Gasteiger partial charge in [-0.25, -0.2) is 0 Å². The van der Waals surface area contributed by atoms with Crippen LogP contribution in [0.4, 0.5) is 11.4 Å². The number of aliphatic hydroxyl groups is 1. The van der Waals surface area contributed by atoms with Crippen molar-refractivity contribution in [1.82, 2.24) is 0 Å². The molecule has 0 fully saturated rings. The third-order valence-electron chi connectivity index (χ3n) is 3.22. The molecule has 4 heteroatoms. The van der Waals surface area contributed by atoms with Crippen LogP contribution in [0.5, 0.6) is 0 Å². The molecule has 0 aliphatic carbocycles. The van der Waals surface area contributed by atoms with Crippen LogP contribution < -0.4 is 10.2 Å². The van der Waals surface area contributed by atoms with Crippen molar-refractivity contribution in [2.75, 3.05) is 10.2 Å². The van der Waals surface area contributed by atoms with E-state index in [1.54, 1.807) is 0 Å². The van der Waals surface area contributed by atoms with E-state index in [0.717, 1.165) is 16.9 Å². The van der Waals surface area contributed by atoms with Gasteiger partial charge in [-0.2, -0.15) is 0 Å². The van der Waals surface area contributed by atoms with Crippen molar-refractivity contribution in [1.29, 1.82) is 0 Å². The van der Waals surface area contributed by atoms with Crippen LogP contribution in [0.2, 0.25) is 0 Å². The molecule has 1 aliphatic heterocycles. The highest BCUT2D eigenvalue weighted by molar-refractivity contribution is 6.07. The molecule has 98 valence electrons. The first-order chi connectivity index (χ1) is 8.36. The van der Waals surface area contributed by atoms with Gasteiger partial charge in [0.2, 0.25) is 0 Å². The quantitative estimate of drug-likeness (QED) is 0.843. The van der Waals surface area contributed by atoms with E-state index in [2.05, 4.69) is 5.32 Å². The van der Waals surface area contributed by atoms with E-state index in [1.807, 2.05) is 50.8 Å². The fourth-order valence-corrected chi connectivity index (χ4v) is 2.31. The molecule has 1 amide bonds. The molecule has 0 unspecified atom stereocenters. The molecule has 0 spiro atoms. The van der Waals surface area contributed by atoms with Crippen LogP contribution in [0.3, 0.4) is 0 Å². The fraction of sp³-hybridized carbons (Fsp3) is 0.500. The van der Waals surface area contributed by atoms with Gasteiger partial charge >= 0.3 is 0 Å². The zero-order chi connectivity index (χ0) is 13.5. The van der Waals surface area contributed by atoms with E-state index in [-0.39, 0.29) is 18.6 Å². The van der Waals surface area contributed by atoms with Crippen molar-refractivity contribution in [2.24, 2.45) is 0 Å². The molecule has 0 bridgehead atoms. The second kappa shape index (κ2) is 4.28. The van der Waals surface area contributed by atoms with Crippen LogP contribution in [0.25, 0.3) is 0 Å². The van der Waals surface area contributed by atoms with Crippen LogP contribution in [0.15, 0.2) is 18.2 Å². The van der Waals surface area contributed by atoms with Gasteiger partial charge in [0, 0.05) is 6.04 Å². The first-order valence-corrected chi connectivity index (χ1v) is 6.22. The van der Waals surface area contributed by atoms with Crippen LogP contribution >= 0.6 is 0 Å². The van der Waals surface area contributed by atoms with Crippen molar-refractivity contribution >= 4 is 17.3 Å². The normalized spacial score (nSPS) is 17.7. The summed E-state index contributed by atoms with van der Waals surface area (Å²) in [6.45, 7) is 7.76. The van der Waals surface area contributed by atoms with Crippen LogP contribution in [-0.2, 0) is 11.4 Å². The number of carbonyl (C=O) groups excluding carboxylic acids is 1. The van der Waals surface area contributed by atoms with Crippen LogP contribution in [-0.4, -0.2) is 22.6 Å². The van der Waals surface area contributed by atoms with Crippen molar-refractivity contribution < 1.29 is 9.90 Å².